The van der Waals surface area contributed by atoms with Crippen molar-refractivity contribution < 1.29 is 22.3 Å². The molecular formula is C25H21NO4S3. The number of hydrogen-bond donors (Lipinski definition) is 0. The predicted octanol–water partition coefficient (Wildman–Crippen LogP) is 5.67. The molecule has 0 saturated heterocycles. The fraction of sp³-hybridized carbons (Fsp3) is 0.160. The molecule has 0 amide bonds. The summed E-state index contributed by atoms with van der Waals surface area (Å²) in [6.07, 6.45) is 4.43. The molecule has 5 nitrogen and oxygen atoms in total. The van der Waals surface area contributed by atoms with E-state index < -0.39 is 10.1 Å². The number of rotatable bonds is 7. The highest BCUT2D eigenvalue weighted by molar-refractivity contribution is 7.85. The van der Waals surface area contributed by atoms with Gasteiger partial charge in [-0.25, -0.2) is 8.42 Å². The van der Waals surface area contributed by atoms with E-state index in [2.05, 4.69) is 41.0 Å². The maximum atomic E-state index is 11.2. The van der Waals surface area contributed by atoms with E-state index in [0.29, 0.717) is 6.54 Å². The van der Waals surface area contributed by atoms with E-state index in [-0.39, 0.29) is 12.2 Å². The lowest BCUT2D eigenvalue weighted by molar-refractivity contribution is -0.667. The van der Waals surface area contributed by atoms with Gasteiger partial charge in [-0.1, -0.05) is 53.8 Å². The second-order valence-corrected chi connectivity index (χ2v) is 11.2. The Morgan fingerprint density at radius 3 is 2.70 bits per heavy atom. The van der Waals surface area contributed by atoms with Gasteiger partial charge in [0.1, 0.15) is 15.1 Å². The van der Waals surface area contributed by atoms with Gasteiger partial charge in [0.15, 0.2) is 6.54 Å². The summed E-state index contributed by atoms with van der Waals surface area (Å²) in [4.78, 5) is 0. The van der Waals surface area contributed by atoms with Crippen LogP contribution in [0.2, 0.25) is 0 Å². The van der Waals surface area contributed by atoms with Crippen LogP contribution in [0.5, 0.6) is 5.75 Å². The molecule has 2 aromatic heterocycles. The quantitative estimate of drug-likeness (QED) is 0.215. The Bertz CT molecular complexity index is 1610. The Labute approximate surface area is 199 Å². The summed E-state index contributed by atoms with van der Waals surface area (Å²) in [5.41, 5.74) is 2.16. The largest absolute Gasteiger partial charge is 0.748 e. The minimum atomic E-state index is -4.26. The number of methoxy groups -OCH3 is 1. The molecule has 168 valence electrons. The molecular weight excluding hydrogens is 474 g/mol. The SMILES string of the molecule is COc1cc2sc(/C=C/c3cccc4ccccc34)[n+](CCCS(=O)(=O)[O-])c2c2sccc12. The summed E-state index contributed by atoms with van der Waals surface area (Å²) >= 11 is 3.26. The van der Waals surface area contributed by atoms with E-state index in [4.69, 9.17) is 4.74 Å². The van der Waals surface area contributed by atoms with Crippen LogP contribution in [0.4, 0.5) is 0 Å². The summed E-state index contributed by atoms with van der Waals surface area (Å²) in [6, 6.07) is 18.5. The van der Waals surface area contributed by atoms with Crippen LogP contribution in [0.15, 0.2) is 60.0 Å². The van der Waals surface area contributed by atoms with Crippen molar-refractivity contribution in [3.05, 3.63) is 70.5 Å². The van der Waals surface area contributed by atoms with Gasteiger partial charge < -0.3 is 9.29 Å². The van der Waals surface area contributed by atoms with Crippen molar-refractivity contribution in [2.45, 2.75) is 13.0 Å². The Morgan fingerprint density at radius 1 is 1.06 bits per heavy atom. The molecule has 0 aliphatic rings. The zero-order valence-corrected chi connectivity index (χ0v) is 20.3. The number of fused-ring (bicyclic) bond motifs is 4. The van der Waals surface area contributed by atoms with Crippen LogP contribution in [0.1, 0.15) is 17.0 Å². The highest BCUT2D eigenvalue weighted by Gasteiger charge is 2.24. The van der Waals surface area contributed by atoms with Crippen molar-refractivity contribution in [1.29, 1.82) is 0 Å². The van der Waals surface area contributed by atoms with Crippen LogP contribution in [-0.2, 0) is 16.7 Å². The van der Waals surface area contributed by atoms with E-state index in [1.54, 1.807) is 29.8 Å². The number of aryl methyl sites for hydroxylation is 1. The molecule has 0 N–H and O–H groups in total. The molecule has 0 bridgehead atoms. The summed E-state index contributed by atoms with van der Waals surface area (Å²) in [6.45, 7) is 0.440. The van der Waals surface area contributed by atoms with Gasteiger partial charge in [-0.05, 0) is 33.9 Å². The standard InChI is InChI=1S/C25H21NO4S3/c1-30-21-16-22-24(25-20(21)12-14-31-25)26(13-5-15-33(27,28)29)23(32-22)11-10-18-8-4-7-17-6-2-3-9-19(17)18/h2-4,6-12,14,16H,5,13,15H2,1H3/b11-10+. The third-order valence-corrected chi connectivity index (χ3v) is 8.42. The number of ether oxygens (including phenoxy) is 1. The van der Waals surface area contributed by atoms with Crippen molar-refractivity contribution in [1.82, 2.24) is 0 Å². The minimum Gasteiger partial charge on any atom is -0.748 e. The van der Waals surface area contributed by atoms with Crippen molar-refractivity contribution in [3.63, 3.8) is 0 Å². The lowest BCUT2D eigenvalue weighted by Crippen LogP contribution is -2.36. The molecule has 0 radical (unpaired) electrons. The summed E-state index contributed by atoms with van der Waals surface area (Å²) in [5.74, 6) is 0.437. The van der Waals surface area contributed by atoms with Crippen molar-refractivity contribution in [3.8, 4) is 5.75 Å². The number of thiazole rings is 1. The number of nitrogens with zero attached hydrogens (tertiary/aromatic N) is 1. The van der Waals surface area contributed by atoms with Crippen molar-refractivity contribution in [2.75, 3.05) is 12.9 Å². The molecule has 0 aliphatic heterocycles. The van der Waals surface area contributed by atoms with Gasteiger partial charge in [0.2, 0.25) is 5.52 Å². The van der Waals surface area contributed by atoms with Gasteiger partial charge in [-0.2, -0.15) is 4.57 Å². The maximum absolute atomic E-state index is 11.2. The number of benzene rings is 3. The molecule has 0 atom stereocenters. The lowest BCUT2D eigenvalue weighted by atomic mass is 10.0. The van der Waals surface area contributed by atoms with E-state index in [1.165, 1.54) is 10.8 Å². The van der Waals surface area contributed by atoms with Gasteiger partial charge in [-0.15, -0.1) is 11.3 Å². The number of thiophene rings is 1. The van der Waals surface area contributed by atoms with Crippen molar-refractivity contribution in [2.24, 2.45) is 0 Å². The van der Waals surface area contributed by atoms with Gasteiger partial charge >= 0.3 is 0 Å². The van der Waals surface area contributed by atoms with Gasteiger partial charge in [0.25, 0.3) is 5.01 Å². The monoisotopic (exact) mass is 495 g/mol. The van der Waals surface area contributed by atoms with Crippen LogP contribution in [0, 0.1) is 0 Å². The van der Waals surface area contributed by atoms with Crippen LogP contribution in [0.25, 0.3) is 43.2 Å². The van der Waals surface area contributed by atoms with E-state index in [1.807, 2.05) is 35.7 Å². The molecule has 2 heterocycles. The van der Waals surface area contributed by atoms with Crippen molar-refractivity contribution >= 4 is 76.0 Å². The zero-order chi connectivity index (χ0) is 23.0. The Balaban J connectivity index is 1.65. The lowest BCUT2D eigenvalue weighted by Gasteiger charge is -2.05. The number of hydrogen-bond acceptors (Lipinski definition) is 6. The fourth-order valence-corrected chi connectivity index (χ4v) is 6.79. The summed E-state index contributed by atoms with van der Waals surface area (Å²) in [5, 5.41) is 6.40. The molecule has 5 rings (SSSR count). The first-order chi connectivity index (χ1) is 15.9. The molecule has 0 aliphatic carbocycles. The minimum absolute atomic E-state index is 0.260. The van der Waals surface area contributed by atoms with Gasteiger partial charge in [0.05, 0.1) is 17.2 Å². The first-order valence-electron chi connectivity index (χ1n) is 10.4. The van der Waals surface area contributed by atoms with Crippen LogP contribution in [-0.4, -0.2) is 25.8 Å². The van der Waals surface area contributed by atoms with Crippen LogP contribution in [0.3, 0.4) is 0 Å². The first kappa shape index (κ1) is 22.0. The smallest absolute Gasteiger partial charge is 0.262 e. The average Bonchev–Trinajstić information content (AvgIpc) is 3.41. The average molecular weight is 496 g/mol. The Hall–Kier alpha value is -2.78. The maximum Gasteiger partial charge on any atom is 0.262 e. The molecule has 33 heavy (non-hydrogen) atoms. The molecule has 3 aromatic carbocycles. The molecule has 5 aromatic rings. The van der Waals surface area contributed by atoms with Gasteiger partial charge in [-0.3, -0.25) is 0 Å². The zero-order valence-electron chi connectivity index (χ0n) is 17.9. The summed E-state index contributed by atoms with van der Waals surface area (Å²) in [7, 11) is -2.59. The Morgan fingerprint density at radius 2 is 1.88 bits per heavy atom. The molecule has 0 saturated carbocycles. The Kier molecular flexibility index (Phi) is 5.92. The third-order valence-electron chi connectivity index (χ3n) is 5.62. The second kappa shape index (κ2) is 8.87. The predicted molar refractivity (Wildman–Crippen MR) is 136 cm³/mol. The van der Waals surface area contributed by atoms with Gasteiger partial charge in [0, 0.05) is 29.7 Å². The highest BCUT2D eigenvalue weighted by atomic mass is 32.2. The number of aromatic nitrogens is 1. The van der Waals surface area contributed by atoms with E-state index in [0.717, 1.165) is 36.6 Å². The molecule has 0 spiro atoms. The second-order valence-electron chi connectivity index (χ2n) is 7.70. The highest BCUT2D eigenvalue weighted by Crippen LogP contribution is 2.38. The molecule has 0 unspecified atom stereocenters. The van der Waals surface area contributed by atoms with Crippen LogP contribution >= 0.6 is 22.7 Å². The molecule has 0 fully saturated rings. The van der Waals surface area contributed by atoms with E-state index >= 15 is 0 Å². The third kappa shape index (κ3) is 4.39. The van der Waals surface area contributed by atoms with E-state index in [9.17, 15) is 13.0 Å². The molecule has 8 heteroatoms. The topological polar surface area (TPSA) is 70.3 Å². The first-order valence-corrected chi connectivity index (χ1v) is 13.7. The van der Waals surface area contributed by atoms with Crippen LogP contribution < -0.4 is 9.30 Å². The normalized spacial score (nSPS) is 12.4. The summed E-state index contributed by atoms with van der Waals surface area (Å²) < 4.78 is 43.5. The fourth-order valence-electron chi connectivity index (χ4n) is 4.15.